The van der Waals surface area contributed by atoms with Crippen LogP contribution >= 0.6 is 24.0 Å². The summed E-state index contributed by atoms with van der Waals surface area (Å²) < 4.78 is 5.18. The molecular weight excluding hydrogens is 363 g/mol. The van der Waals surface area contributed by atoms with Crippen LogP contribution in [0.2, 0.25) is 5.02 Å². The van der Waals surface area contributed by atoms with Gasteiger partial charge in [0.2, 0.25) is 0 Å². The molecule has 0 bridgehead atoms. The molecule has 25 heavy (non-hydrogen) atoms. The monoisotopic (exact) mass is 378 g/mol. The van der Waals surface area contributed by atoms with Crippen LogP contribution in [-0.2, 0) is 6.54 Å². The van der Waals surface area contributed by atoms with Crippen LogP contribution in [-0.4, -0.2) is 27.2 Å². The lowest BCUT2D eigenvalue weighted by molar-refractivity contribution is 0.379. The van der Waals surface area contributed by atoms with Crippen molar-refractivity contribution in [1.82, 2.24) is 15.0 Å². The third kappa shape index (κ3) is 4.17. The number of hydrogen-bond acceptors (Lipinski definition) is 6. The molecule has 130 valence electrons. The highest BCUT2D eigenvalue weighted by atomic mass is 35.5. The highest BCUT2D eigenvalue weighted by Crippen LogP contribution is 2.29. The van der Waals surface area contributed by atoms with Crippen molar-refractivity contribution in [3.05, 3.63) is 53.1 Å². The number of phenolic OH excluding ortho intramolecular Hbond substituents is 1. The van der Waals surface area contributed by atoms with Gasteiger partial charge in [0.15, 0.2) is 11.6 Å². The predicted octanol–water partition coefficient (Wildman–Crippen LogP) is 3.45. The minimum atomic E-state index is 0. The van der Waals surface area contributed by atoms with Crippen molar-refractivity contribution in [3.8, 4) is 34.5 Å². The summed E-state index contributed by atoms with van der Waals surface area (Å²) in [7, 11) is 1.48. The molecule has 8 heteroatoms. The number of nitrogens with zero attached hydrogens (tertiary/aromatic N) is 3. The number of nitrogens with two attached hydrogens (primary N) is 1. The van der Waals surface area contributed by atoms with Crippen LogP contribution in [0.25, 0.3) is 22.8 Å². The van der Waals surface area contributed by atoms with Crippen LogP contribution in [0.5, 0.6) is 11.8 Å². The van der Waals surface area contributed by atoms with E-state index in [0.29, 0.717) is 28.8 Å². The van der Waals surface area contributed by atoms with E-state index in [2.05, 4.69) is 15.0 Å². The van der Waals surface area contributed by atoms with Gasteiger partial charge >= 0.3 is 6.01 Å². The molecule has 0 fully saturated rings. The highest BCUT2D eigenvalue weighted by Gasteiger charge is 2.14. The number of hydrogen-bond donors (Lipinski definition) is 2. The number of ether oxygens (including phenoxy) is 1. The van der Waals surface area contributed by atoms with E-state index >= 15 is 0 Å². The summed E-state index contributed by atoms with van der Waals surface area (Å²) in [6.07, 6.45) is 0. The molecule has 0 spiro atoms. The van der Waals surface area contributed by atoms with Gasteiger partial charge in [-0.2, -0.15) is 9.97 Å². The average molecular weight is 379 g/mol. The third-order valence-corrected chi connectivity index (χ3v) is 3.76. The van der Waals surface area contributed by atoms with Crippen molar-refractivity contribution in [1.29, 1.82) is 0 Å². The molecule has 2 aromatic carbocycles. The Bertz CT molecular complexity index is 873. The first-order chi connectivity index (χ1) is 11.6. The molecule has 0 saturated carbocycles. The summed E-state index contributed by atoms with van der Waals surface area (Å²) in [4.78, 5) is 13.0. The smallest absolute Gasteiger partial charge is 0.320 e. The second-order valence-corrected chi connectivity index (χ2v) is 5.44. The first kappa shape index (κ1) is 18.9. The molecule has 0 aliphatic rings. The van der Waals surface area contributed by atoms with Crippen molar-refractivity contribution < 1.29 is 9.84 Å². The Morgan fingerprint density at radius 2 is 1.72 bits per heavy atom. The van der Waals surface area contributed by atoms with Crippen molar-refractivity contribution >= 4 is 24.0 Å². The first-order valence-corrected chi connectivity index (χ1v) is 7.57. The standard InChI is InChI=1S/C17H15ClN4O2.ClH/c1-24-17-21-15(11-3-5-12(23)6-4-11)20-16(22-17)13-8-10(9-19)2-7-14(13)18;/h2-8,23H,9,19H2,1H3;1H. The zero-order valence-corrected chi connectivity index (χ0v) is 14.9. The quantitative estimate of drug-likeness (QED) is 0.721. The molecule has 0 amide bonds. The minimum absolute atomic E-state index is 0. The van der Waals surface area contributed by atoms with Gasteiger partial charge in [-0.3, -0.25) is 0 Å². The Morgan fingerprint density at radius 1 is 1.04 bits per heavy atom. The van der Waals surface area contributed by atoms with Gasteiger partial charge in [0, 0.05) is 17.7 Å². The second kappa shape index (κ2) is 8.11. The molecular formula is C17H16Cl2N4O2. The van der Waals surface area contributed by atoms with Gasteiger partial charge in [0.05, 0.1) is 12.1 Å². The summed E-state index contributed by atoms with van der Waals surface area (Å²) in [5.41, 5.74) is 7.99. The van der Waals surface area contributed by atoms with Gasteiger partial charge in [0.25, 0.3) is 0 Å². The normalized spacial score (nSPS) is 10.2. The van der Waals surface area contributed by atoms with Crippen molar-refractivity contribution in [2.75, 3.05) is 7.11 Å². The van der Waals surface area contributed by atoms with Gasteiger partial charge in [0.1, 0.15) is 5.75 Å². The van der Waals surface area contributed by atoms with Gasteiger partial charge < -0.3 is 15.6 Å². The summed E-state index contributed by atoms with van der Waals surface area (Å²) in [5.74, 6) is 0.981. The van der Waals surface area contributed by atoms with Crippen molar-refractivity contribution in [3.63, 3.8) is 0 Å². The molecule has 3 N–H and O–H groups in total. The Hall–Kier alpha value is -2.41. The van der Waals surface area contributed by atoms with Gasteiger partial charge in [-0.25, -0.2) is 4.98 Å². The summed E-state index contributed by atoms with van der Waals surface area (Å²) in [6, 6.07) is 12.2. The summed E-state index contributed by atoms with van der Waals surface area (Å²) in [5, 5.41) is 9.94. The number of phenols is 1. The Balaban J connectivity index is 0.00000225. The van der Waals surface area contributed by atoms with E-state index in [-0.39, 0.29) is 24.2 Å². The molecule has 1 aromatic heterocycles. The van der Waals surface area contributed by atoms with E-state index in [0.717, 1.165) is 11.1 Å². The third-order valence-electron chi connectivity index (χ3n) is 3.43. The van der Waals surface area contributed by atoms with Crippen LogP contribution < -0.4 is 10.5 Å². The topological polar surface area (TPSA) is 94.2 Å². The maximum atomic E-state index is 9.42. The average Bonchev–Trinajstić information content (AvgIpc) is 2.62. The minimum Gasteiger partial charge on any atom is -0.508 e. The van der Waals surface area contributed by atoms with Crippen LogP contribution in [0.4, 0.5) is 0 Å². The Morgan fingerprint density at radius 3 is 2.36 bits per heavy atom. The molecule has 6 nitrogen and oxygen atoms in total. The largest absolute Gasteiger partial charge is 0.508 e. The molecule has 0 saturated heterocycles. The summed E-state index contributed by atoms with van der Waals surface area (Å²) >= 11 is 6.29. The zero-order valence-electron chi connectivity index (χ0n) is 13.3. The van der Waals surface area contributed by atoms with E-state index < -0.39 is 0 Å². The lowest BCUT2D eigenvalue weighted by Gasteiger charge is -2.09. The first-order valence-electron chi connectivity index (χ1n) is 7.19. The van der Waals surface area contributed by atoms with Crippen molar-refractivity contribution in [2.45, 2.75) is 6.54 Å². The zero-order chi connectivity index (χ0) is 17.1. The summed E-state index contributed by atoms with van der Waals surface area (Å²) in [6.45, 7) is 0.386. The number of aromatic nitrogens is 3. The molecule has 0 unspecified atom stereocenters. The van der Waals surface area contributed by atoms with Crippen LogP contribution in [0.1, 0.15) is 5.56 Å². The maximum Gasteiger partial charge on any atom is 0.320 e. The fraction of sp³-hybridized carbons (Fsp3) is 0.118. The Kier molecular flexibility index (Phi) is 6.14. The van der Waals surface area contributed by atoms with Gasteiger partial charge in [-0.1, -0.05) is 17.7 Å². The number of halogens is 2. The number of methoxy groups -OCH3 is 1. The predicted molar refractivity (Wildman–Crippen MR) is 99.1 cm³/mol. The molecule has 0 atom stereocenters. The SMILES string of the molecule is COc1nc(-c2ccc(O)cc2)nc(-c2cc(CN)ccc2Cl)n1.Cl. The number of rotatable bonds is 4. The number of aromatic hydroxyl groups is 1. The van der Waals surface area contributed by atoms with E-state index in [1.165, 1.54) is 7.11 Å². The van der Waals surface area contributed by atoms with E-state index in [1.54, 1.807) is 30.3 Å². The van der Waals surface area contributed by atoms with Crippen molar-refractivity contribution in [2.24, 2.45) is 5.73 Å². The fourth-order valence-electron chi connectivity index (χ4n) is 2.18. The van der Waals surface area contributed by atoms with Crippen LogP contribution in [0.15, 0.2) is 42.5 Å². The fourth-order valence-corrected chi connectivity index (χ4v) is 2.38. The lowest BCUT2D eigenvalue weighted by Crippen LogP contribution is -2.02. The number of benzene rings is 2. The Labute approximate surface area is 156 Å². The maximum absolute atomic E-state index is 9.42. The van der Waals surface area contributed by atoms with E-state index in [1.807, 2.05) is 12.1 Å². The second-order valence-electron chi connectivity index (χ2n) is 5.03. The molecule has 0 radical (unpaired) electrons. The van der Waals surface area contributed by atoms with Gasteiger partial charge in [-0.15, -0.1) is 12.4 Å². The van der Waals surface area contributed by atoms with E-state index in [9.17, 15) is 5.11 Å². The molecule has 0 aliphatic heterocycles. The lowest BCUT2D eigenvalue weighted by atomic mass is 10.1. The van der Waals surface area contributed by atoms with E-state index in [4.69, 9.17) is 22.1 Å². The molecule has 3 aromatic rings. The van der Waals surface area contributed by atoms with Crippen LogP contribution in [0.3, 0.4) is 0 Å². The van der Waals surface area contributed by atoms with Gasteiger partial charge in [-0.05, 0) is 42.0 Å². The molecule has 3 rings (SSSR count). The highest BCUT2D eigenvalue weighted by molar-refractivity contribution is 6.33. The molecule has 1 heterocycles. The molecule has 0 aliphatic carbocycles. The van der Waals surface area contributed by atoms with Crippen LogP contribution in [0, 0.1) is 0 Å².